The number of ether oxygens (including phenoxy) is 1. The summed E-state index contributed by atoms with van der Waals surface area (Å²) in [6.45, 7) is 4.67. The highest BCUT2D eigenvalue weighted by Gasteiger charge is 2.22. The van der Waals surface area contributed by atoms with Crippen LogP contribution in [0.15, 0.2) is 47.4 Å². The fraction of sp³-hybridized carbons (Fsp3) is 0.350. The molecule has 4 rings (SSSR count). The standard InChI is InChI=1S/C20H22N6O3/c1-2-18-23-20(24-29-18)15-5-6-17(22-12-15)25-8-10-26(11-9-25)19(27)14-28-16-4-3-7-21-13-16/h3-7,12-13H,2,8-11,14H2,1H3. The number of hydrogen-bond acceptors (Lipinski definition) is 8. The molecule has 150 valence electrons. The Balaban J connectivity index is 1.29. The first-order valence-corrected chi connectivity index (χ1v) is 9.57. The van der Waals surface area contributed by atoms with E-state index < -0.39 is 0 Å². The number of aromatic nitrogens is 4. The smallest absolute Gasteiger partial charge is 0.260 e. The summed E-state index contributed by atoms with van der Waals surface area (Å²) >= 11 is 0. The van der Waals surface area contributed by atoms with E-state index in [1.165, 1.54) is 0 Å². The summed E-state index contributed by atoms with van der Waals surface area (Å²) < 4.78 is 10.6. The molecular weight excluding hydrogens is 372 g/mol. The average molecular weight is 394 g/mol. The molecule has 1 fully saturated rings. The zero-order valence-electron chi connectivity index (χ0n) is 16.2. The predicted octanol–water partition coefficient (Wildman–Crippen LogP) is 1.82. The van der Waals surface area contributed by atoms with Gasteiger partial charge in [0.2, 0.25) is 11.7 Å². The van der Waals surface area contributed by atoms with Gasteiger partial charge in [0.15, 0.2) is 6.61 Å². The van der Waals surface area contributed by atoms with Crippen LogP contribution in [0.5, 0.6) is 5.75 Å². The van der Waals surface area contributed by atoms with E-state index in [4.69, 9.17) is 9.26 Å². The molecule has 0 saturated carbocycles. The Morgan fingerprint density at radius 1 is 1.17 bits per heavy atom. The van der Waals surface area contributed by atoms with Gasteiger partial charge >= 0.3 is 0 Å². The molecule has 1 aliphatic heterocycles. The number of piperazine rings is 1. The van der Waals surface area contributed by atoms with E-state index in [0.717, 1.165) is 11.4 Å². The second kappa shape index (κ2) is 8.68. The molecule has 9 heteroatoms. The number of carbonyl (C=O) groups is 1. The normalized spacial score (nSPS) is 14.1. The molecule has 9 nitrogen and oxygen atoms in total. The molecule has 0 aromatic carbocycles. The molecule has 0 aliphatic carbocycles. The van der Waals surface area contributed by atoms with Gasteiger partial charge in [0.1, 0.15) is 11.6 Å². The first kappa shape index (κ1) is 18.9. The Morgan fingerprint density at radius 2 is 2.03 bits per heavy atom. The first-order valence-electron chi connectivity index (χ1n) is 9.57. The van der Waals surface area contributed by atoms with Crippen molar-refractivity contribution in [3.8, 4) is 17.1 Å². The number of rotatable bonds is 6. The highest BCUT2D eigenvalue weighted by Crippen LogP contribution is 2.20. The van der Waals surface area contributed by atoms with Gasteiger partial charge < -0.3 is 19.1 Å². The highest BCUT2D eigenvalue weighted by atomic mass is 16.5. The number of anilines is 1. The zero-order valence-corrected chi connectivity index (χ0v) is 16.2. The molecule has 29 heavy (non-hydrogen) atoms. The van der Waals surface area contributed by atoms with Crippen LogP contribution in [0.1, 0.15) is 12.8 Å². The maximum Gasteiger partial charge on any atom is 0.260 e. The topological polar surface area (TPSA) is 97.5 Å². The molecule has 1 amide bonds. The van der Waals surface area contributed by atoms with E-state index in [-0.39, 0.29) is 12.5 Å². The van der Waals surface area contributed by atoms with Crippen molar-refractivity contribution in [1.29, 1.82) is 0 Å². The lowest BCUT2D eigenvalue weighted by molar-refractivity contribution is -0.133. The Morgan fingerprint density at radius 3 is 2.69 bits per heavy atom. The lowest BCUT2D eigenvalue weighted by Gasteiger charge is -2.35. The van der Waals surface area contributed by atoms with Gasteiger partial charge in [-0.15, -0.1) is 0 Å². The molecule has 4 heterocycles. The van der Waals surface area contributed by atoms with Crippen molar-refractivity contribution >= 4 is 11.7 Å². The van der Waals surface area contributed by atoms with Crippen molar-refractivity contribution in [3.05, 3.63) is 48.7 Å². The zero-order chi connectivity index (χ0) is 20.1. The van der Waals surface area contributed by atoms with Gasteiger partial charge in [0, 0.05) is 50.6 Å². The van der Waals surface area contributed by atoms with Crippen LogP contribution in [-0.2, 0) is 11.2 Å². The molecule has 0 N–H and O–H groups in total. The van der Waals surface area contributed by atoms with E-state index in [1.54, 1.807) is 30.7 Å². The van der Waals surface area contributed by atoms with Gasteiger partial charge in [-0.1, -0.05) is 12.1 Å². The van der Waals surface area contributed by atoms with Crippen LogP contribution in [0, 0.1) is 0 Å². The Kier molecular flexibility index (Phi) is 5.64. The lowest BCUT2D eigenvalue weighted by atomic mass is 10.2. The summed E-state index contributed by atoms with van der Waals surface area (Å²) in [5, 5.41) is 3.97. The molecule has 0 unspecified atom stereocenters. The molecule has 0 spiro atoms. The summed E-state index contributed by atoms with van der Waals surface area (Å²) in [7, 11) is 0. The van der Waals surface area contributed by atoms with Crippen molar-refractivity contribution in [2.24, 2.45) is 0 Å². The van der Waals surface area contributed by atoms with Crippen molar-refractivity contribution in [3.63, 3.8) is 0 Å². The number of amides is 1. The molecule has 3 aromatic heterocycles. The van der Waals surface area contributed by atoms with Gasteiger partial charge in [-0.25, -0.2) is 4.98 Å². The monoisotopic (exact) mass is 394 g/mol. The third-order valence-corrected chi connectivity index (χ3v) is 4.73. The Bertz CT molecular complexity index is 936. The third-order valence-electron chi connectivity index (χ3n) is 4.73. The molecule has 0 radical (unpaired) electrons. The van der Waals surface area contributed by atoms with Crippen LogP contribution >= 0.6 is 0 Å². The molecule has 0 bridgehead atoms. The molecule has 0 atom stereocenters. The van der Waals surface area contributed by atoms with Crippen molar-refractivity contribution in [2.75, 3.05) is 37.7 Å². The van der Waals surface area contributed by atoms with E-state index in [2.05, 4.69) is 25.0 Å². The van der Waals surface area contributed by atoms with Gasteiger partial charge in [-0.3, -0.25) is 9.78 Å². The number of pyridine rings is 2. The number of carbonyl (C=O) groups excluding carboxylic acids is 1. The summed E-state index contributed by atoms with van der Waals surface area (Å²) in [6.07, 6.45) is 5.71. The predicted molar refractivity (Wildman–Crippen MR) is 105 cm³/mol. The first-order chi connectivity index (χ1) is 14.2. The maximum absolute atomic E-state index is 12.4. The minimum Gasteiger partial charge on any atom is -0.482 e. The van der Waals surface area contributed by atoms with Gasteiger partial charge in [-0.2, -0.15) is 4.98 Å². The highest BCUT2D eigenvalue weighted by molar-refractivity contribution is 5.78. The lowest BCUT2D eigenvalue weighted by Crippen LogP contribution is -2.50. The van der Waals surface area contributed by atoms with Crippen molar-refractivity contribution in [1.82, 2.24) is 25.0 Å². The van der Waals surface area contributed by atoms with Crippen LogP contribution in [0.3, 0.4) is 0 Å². The van der Waals surface area contributed by atoms with Crippen molar-refractivity contribution in [2.45, 2.75) is 13.3 Å². The van der Waals surface area contributed by atoms with E-state index in [0.29, 0.717) is 50.1 Å². The summed E-state index contributed by atoms with van der Waals surface area (Å²) in [5.41, 5.74) is 0.818. The van der Waals surface area contributed by atoms with Gasteiger partial charge in [-0.05, 0) is 24.3 Å². The Labute approximate surface area is 168 Å². The second-order valence-electron chi connectivity index (χ2n) is 6.62. The fourth-order valence-electron chi connectivity index (χ4n) is 3.07. The minimum absolute atomic E-state index is 0.0170. The molecule has 1 saturated heterocycles. The van der Waals surface area contributed by atoms with Gasteiger partial charge in [0.25, 0.3) is 5.91 Å². The number of hydrogen-bond donors (Lipinski definition) is 0. The summed E-state index contributed by atoms with van der Waals surface area (Å²) in [6, 6.07) is 7.44. The summed E-state index contributed by atoms with van der Waals surface area (Å²) in [4.78, 5) is 29.2. The fourth-order valence-corrected chi connectivity index (χ4v) is 3.07. The van der Waals surface area contributed by atoms with Crippen LogP contribution < -0.4 is 9.64 Å². The van der Waals surface area contributed by atoms with Crippen LogP contribution in [0.2, 0.25) is 0 Å². The molecular formula is C20H22N6O3. The van der Waals surface area contributed by atoms with Crippen molar-refractivity contribution < 1.29 is 14.1 Å². The second-order valence-corrected chi connectivity index (χ2v) is 6.62. The SMILES string of the molecule is CCc1nc(-c2ccc(N3CCN(C(=O)COc4cccnc4)CC3)nc2)no1. The molecule has 3 aromatic rings. The number of aryl methyl sites for hydroxylation is 1. The van der Waals surface area contributed by atoms with E-state index in [9.17, 15) is 4.79 Å². The third kappa shape index (κ3) is 4.50. The van der Waals surface area contributed by atoms with E-state index >= 15 is 0 Å². The van der Waals surface area contributed by atoms with Crippen LogP contribution in [-0.4, -0.2) is 63.7 Å². The average Bonchev–Trinajstić information content (AvgIpc) is 3.28. The quantitative estimate of drug-likeness (QED) is 0.624. The largest absolute Gasteiger partial charge is 0.482 e. The number of nitrogens with zero attached hydrogens (tertiary/aromatic N) is 6. The maximum atomic E-state index is 12.4. The Hall–Kier alpha value is -3.49. The van der Waals surface area contributed by atoms with Crippen LogP contribution in [0.25, 0.3) is 11.4 Å². The molecule has 1 aliphatic rings. The minimum atomic E-state index is -0.0272. The van der Waals surface area contributed by atoms with Gasteiger partial charge in [0.05, 0.1) is 6.20 Å². The van der Waals surface area contributed by atoms with E-state index in [1.807, 2.05) is 24.0 Å². The van der Waals surface area contributed by atoms with Crippen LogP contribution in [0.4, 0.5) is 5.82 Å². The summed E-state index contributed by atoms with van der Waals surface area (Å²) in [5.74, 6) is 2.59.